The summed E-state index contributed by atoms with van der Waals surface area (Å²) in [4.78, 5) is 84.5. The van der Waals surface area contributed by atoms with Crippen LogP contribution in [-0.2, 0) is 22.7 Å². The third-order valence-corrected chi connectivity index (χ3v) is 14.8. The second-order valence-corrected chi connectivity index (χ2v) is 18.7. The van der Waals surface area contributed by atoms with E-state index in [1.54, 1.807) is 72.8 Å². The first kappa shape index (κ1) is 42.7. The number of allylic oxidation sites excluding steroid dienone is 2. The van der Waals surface area contributed by atoms with Crippen molar-refractivity contribution in [3.8, 4) is 0 Å². The van der Waals surface area contributed by atoms with Crippen molar-refractivity contribution < 1.29 is 55.8 Å². The van der Waals surface area contributed by atoms with E-state index in [1.807, 2.05) is 0 Å². The molecule has 0 unspecified atom stereocenters. The Hall–Kier alpha value is -8.60. The number of Topliss-reactive ketones (excluding diaryl/α,β-unsaturated/α-hetero) is 4. The van der Waals surface area contributed by atoms with Gasteiger partial charge in [-0.25, -0.2) is 36.3 Å². The Bertz CT molecular complexity index is 3730. The van der Waals surface area contributed by atoms with Crippen molar-refractivity contribution in [1.29, 1.82) is 0 Å². The molecule has 4 heterocycles. The Morgan fingerprint density at radius 1 is 0.457 bits per heavy atom. The van der Waals surface area contributed by atoms with Crippen LogP contribution in [0.25, 0.3) is 63.5 Å². The summed E-state index contributed by atoms with van der Waals surface area (Å²) in [6.07, 6.45) is 0.840. The number of aromatic nitrogens is 2. The van der Waals surface area contributed by atoms with Crippen molar-refractivity contribution in [3.63, 3.8) is 0 Å². The van der Waals surface area contributed by atoms with E-state index in [4.69, 9.17) is 9.47 Å². The number of thiophene rings is 2. The fourth-order valence-corrected chi connectivity index (χ4v) is 11.8. The van der Waals surface area contributed by atoms with Gasteiger partial charge in [-0.3, -0.25) is 19.2 Å². The van der Waals surface area contributed by atoms with Crippen LogP contribution >= 0.6 is 22.7 Å². The van der Waals surface area contributed by atoms with Crippen molar-refractivity contribution >= 4 is 122 Å². The number of nitrogens with zero attached hydrogens (tertiary/aromatic N) is 2. The van der Waals surface area contributed by atoms with E-state index in [0.717, 1.165) is 24.3 Å². The van der Waals surface area contributed by atoms with Crippen molar-refractivity contribution in [2.24, 2.45) is 0 Å². The molecular formula is C54H26F4N2O8S2. The molecule has 0 saturated carbocycles. The minimum Gasteiger partial charge on any atom is -0.444 e. The third kappa shape index (κ3) is 6.74. The Labute approximate surface area is 398 Å². The average Bonchev–Trinajstić information content (AvgIpc) is 4.16. The predicted molar refractivity (Wildman–Crippen MR) is 256 cm³/mol. The van der Waals surface area contributed by atoms with Crippen LogP contribution in [0.1, 0.15) is 63.9 Å². The first-order chi connectivity index (χ1) is 33.8. The fourth-order valence-electron chi connectivity index (χ4n) is 9.08. The van der Waals surface area contributed by atoms with Gasteiger partial charge in [-0.1, -0.05) is 60.7 Å². The summed E-state index contributed by atoms with van der Waals surface area (Å²) in [5.74, 6) is -7.21. The lowest BCUT2D eigenvalue weighted by molar-refractivity contribution is 0.0975. The van der Waals surface area contributed by atoms with Crippen LogP contribution in [0, 0.1) is 23.3 Å². The number of ether oxygens (including phenoxy) is 2. The molecule has 0 radical (unpaired) electrons. The standard InChI is InChI=1S/C54H26F4N2O8S2/c55-39-15-27-11-33-34(12-28(27)16-40(39)56)48(62)37(47(33)61)19-31-21-43-45(59(31)53(65)67-23-25-7-3-1-4-8-25)51-52(69-43)46-44(70-51)22-32(60(46)54(66)68-24-26-9-5-2-6-10-26)20-38-49(63)35-13-29-17-41(57)42(58)18-30(29)14-36(35)50(38)64/h1-22H,23-24H2. The summed E-state index contributed by atoms with van der Waals surface area (Å²) in [6, 6.07) is 30.1. The fraction of sp³-hybridized carbons (Fsp3) is 0.0370. The molecule has 0 fully saturated rings. The van der Waals surface area contributed by atoms with Gasteiger partial charge in [-0.2, -0.15) is 0 Å². The maximum absolute atomic E-state index is 14.4. The quantitative estimate of drug-likeness (QED) is 0.0914. The number of halogens is 4. The topological polar surface area (TPSA) is 131 Å². The molecule has 0 N–H and O–H groups in total. The number of hydrogen-bond donors (Lipinski definition) is 0. The minimum absolute atomic E-state index is 0.0145. The molecule has 10 nitrogen and oxygen atoms in total. The summed E-state index contributed by atoms with van der Waals surface area (Å²) < 4.78 is 72.9. The van der Waals surface area contributed by atoms with Crippen LogP contribution in [0.5, 0.6) is 0 Å². The molecule has 0 atom stereocenters. The average molecular weight is 971 g/mol. The normalized spacial score (nSPS) is 13.4. The molecule has 340 valence electrons. The van der Waals surface area contributed by atoms with Crippen LogP contribution in [0.15, 0.2) is 132 Å². The lowest BCUT2D eigenvalue weighted by atomic mass is 10.0. The van der Waals surface area contributed by atoms with E-state index >= 15 is 0 Å². The lowest BCUT2D eigenvalue weighted by Crippen LogP contribution is -2.15. The van der Waals surface area contributed by atoms with Crippen LogP contribution in [0.2, 0.25) is 0 Å². The van der Waals surface area contributed by atoms with Gasteiger partial charge >= 0.3 is 12.2 Å². The van der Waals surface area contributed by atoms with Gasteiger partial charge in [0.25, 0.3) is 0 Å². The first-order valence-electron chi connectivity index (χ1n) is 21.3. The lowest BCUT2D eigenvalue weighted by Gasteiger charge is -2.09. The van der Waals surface area contributed by atoms with E-state index < -0.39 is 58.6 Å². The summed E-state index contributed by atoms with van der Waals surface area (Å²) in [6.45, 7) is -0.279. The van der Waals surface area contributed by atoms with Gasteiger partial charge in [0.1, 0.15) is 13.2 Å². The van der Waals surface area contributed by atoms with Gasteiger partial charge in [-0.05, 0) is 105 Å². The van der Waals surface area contributed by atoms with Crippen LogP contribution in [0.3, 0.4) is 0 Å². The van der Waals surface area contributed by atoms with Crippen LogP contribution in [0.4, 0.5) is 27.2 Å². The summed E-state index contributed by atoms with van der Waals surface area (Å²) >= 11 is 2.36. The highest BCUT2D eigenvalue weighted by atomic mass is 32.1. The molecule has 0 aliphatic heterocycles. The molecular weight excluding hydrogens is 945 g/mol. The SMILES string of the molecule is O=C1C(=Cc2cc3sc4c(sc5cc(C=C6C(=O)c7cc8cc(F)c(F)cc8cc7C6=O)n(C(=O)OCc6ccccc6)c54)c3n2C(=O)OCc2ccccc2)C(=O)c2cc3cc(F)c(F)cc3cc21. The predicted octanol–water partition coefficient (Wildman–Crippen LogP) is 13.0. The number of carbonyl (C=O) groups excluding carboxylic acids is 6. The zero-order valence-corrected chi connectivity index (χ0v) is 37.2. The van der Waals surface area contributed by atoms with Gasteiger partial charge in [0.15, 0.2) is 46.4 Å². The molecule has 4 aromatic heterocycles. The number of fused-ring (bicyclic) bond motifs is 9. The molecule has 0 bridgehead atoms. The van der Waals surface area contributed by atoms with Crippen LogP contribution in [-0.4, -0.2) is 44.5 Å². The van der Waals surface area contributed by atoms with E-state index in [2.05, 4.69) is 0 Å². The molecule has 70 heavy (non-hydrogen) atoms. The van der Waals surface area contributed by atoms with Crippen molar-refractivity contribution in [1.82, 2.24) is 9.13 Å². The maximum Gasteiger partial charge on any atom is 0.419 e. The van der Waals surface area contributed by atoms with Crippen molar-refractivity contribution in [2.75, 3.05) is 0 Å². The molecule has 12 rings (SSSR count). The van der Waals surface area contributed by atoms with Gasteiger partial charge < -0.3 is 9.47 Å². The van der Waals surface area contributed by atoms with Gasteiger partial charge in [0.05, 0.1) is 52.4 Å². The smallest absolute Gasteiger partial charge is 0.419 e. The zero-order valence-electron chi connectivity index (χ0n) is 35.6. The summed E-state index contributed by atoms with van der Waals surface area (Å²) in [5.41, 5.74) is 1.59. The number of carbonyl (C=O) groups is 6. The van der Waals surface area contributed by atoms with E-state index in [1.165, 1.54) is 68.2 Å². The largest absolute Gasteiger partial charge is 0.444 e. The molecule has 2 aliphatic carbocycles. The second-order valence-electron chi connectivity index (χ2n) is 16.6. The van der Waals surface area contributed by atoms with Gasteiger partial charge in [-0.15, -0.1) is 22.7 Å². The molecule has 16 heteroatoms. The number of ketones is 4. The number of hydrogen-bond acceptors (Lipinski definition) is 10. The van der Waals surface area contributed by atoms with Gasteiger partial charge in [0.2, 0.25) is 0 Å². The monoisotopic (exact) mass is 970 g/mol. The third-order valence-electron chi connectivity index (χ3n) is 12.4. The van der Waals surface area contributed by atoms with E-state index in [0.29, 0.717) is 41.0 Å². The highest BCUT2D eigenvalue weighted by Crippen LogP contribution is 2.48. The number of rotatable bonds is 6. The Balaban J connectivity index is 1.01. The van der Waals surface area contributed by atoms with Gasteiger partial charge in [0, 0.05) is 22.3 Å². The van der Waals surface area contributed by atoms with Crippen LogP contribution < -0.4 is 0 Å². The Morgan fingerprint density at radius 3 is 1.09 bits per heavy atom. The molecule has 6 aromatic carbocycles. The highest BCUT2D eigenvalue weighted by molar-refractivity contribution is 7.36. The van der Waals surface area contributed by atoms with Crippen molar-refractivity contribution in [2.45, 2.75) is 13.2 Å². The molecule has 2 aliphatic rings. The molecule has 10 aromatic rings. The van der Waals surface area contributed by atoms with E-state index in [9.17, 15) is 46.3 Å². The molecule has 0 saturated heterocycles. The summed E-state index contributed by atoms with van der Waals surface area (Å²) in [7, 11) is 0. The number of benzene rings is 6. The Morgan fingerprint density at radius 2 is 0.771 bits per heavy atom. The summed E-state index contributed by atoms with van der Waals surface area (Å²) in [5, 5.41) is 0.847. The Kier molecular flexibility index (Phi) is 9.77. The van der Waals surface area contributed by atoms with Crippen molar-refractivity contribution in [3.05, 3.63) is 201 Å². The highest BCUT2D eigenvalue weighted by Gasteiger charge is 2.37. The van der Waals surface area contributed by atoms with E-state index in [-0.39, 0.29) is 79.5 Å². The first-order valence-corrected chi connectivity index (χ1v) is 23.0. The second kappa shape index (κ2) is 16.0. The molecule has 0 spiro atoms. The zero-order chi connectivity index (χ0) is 48.3. The molecule has 0 amide bonds. The minimum atomic E-state index is -1.12. The maximum atomic E-state index is 14.4.